The summed E-state index contributed by atoms with van der Waals surface area (Å²) in [6.45, 7) is 2.93. The van der Waals surface area contributed by atoms with Crippen LogP contribution in [0.15, 0.2) is 36.4 Å². The first-order chi connectivity index (χ1) is 10.1. The molecule has 0 fully saturated rings. The Morgan fingerprint density at radius 2 is 2.10 bits per heavy atom. The molecule has 1 aliphatic rings. The molecule has 0 aliphatic carbocycles. The molecule has 0 atom stereocenters. The van der Waals surface area contributed by atoms with E-state index in [1.807, 2.05) is 37.3 Å². The van der Waals surface area contributed by atoms with Gasteiger partial charge in [-0.05, 0) is 67.3 Å². The molecule has 4 heteroatoms. The van der Waals surface area contributed by atoms with Crippen molar-refractivity contribution in [2.75, 3.05) is 17.2 Å². The molecule has 1 heterocycles. The van der Waals surface area contributed by atoms with Gasteiger partial charge in [-0.15, -0.1) is 0 Å². The van der Waals surface area contributed by atoms with Crippen LogP contribution in [0.5, 0.6) is 0 Å². The summed E-state index contributed by atoms with van der Waals surface area (Å²) in [7, 11) is 0. The zero-order valence-electron chi connectivity index (χ0n) is 11.9. The Hall–Kier alpha value is -2.00. The second-order valence-corrected chi connectivity index (χ2v) is 5.75. The van der Waals surface area contributed by atoms with E-state index in [1.54, 1.807) is 6.07 Å². The Morgan fingerprint density at radius 1 is 1.24 bits per heavy atom. The number of anilines is 2. The molecule has 2 aromatic rings. The van der Waals surface area contributed by atoms with Crippen LogP contribution in [0.25, 0.3) is 0 Å². The highest BCUT2D eigenvalue weighted by Crippen LogP contribution is 2.24. The van der Waals surface area contributed by atoms with Gasteiger partial charge >= 0.3 is 0 Å². The fourth-order valence-electron chi connectivity index (χ4n) is 2.58. The second-order valence-electron chi connectivity index (χ2n) is 5.32. The van der Waals surface area contributed by atoms with Crippen LogP contribution in [0.3, 0.4) is 0 Å². The summed E-state index contributed by atoms with van der Waals surface area (Å²) >= 11 is 5.93. The fraction of sp³-hybridized carbons (Fsp3) is 0.235. The van der Waals surface area contributed by atoms with Crippen LogP contribution in [0.2, 0.25) is 5.02 Å². The molecule has 1 amide bonds. The number of aryl methyl sites for hydroxylation is 2. The SMILES string of the molecule is Cc1cc(Cl)ccc1NC(=O)c1ccc2c(c1)CCCN2. The lowest BCUT2D eigenvalue weighted by Gasteiger charge is -2.18. The Bertz CT molecular complexity index is 697. The van der Waals surface area contributed by atoms with Crippen molar-refractivity contribution >= 4 is 28.9 Å². The monoisotopic (exact) mass is 300 g/mol. The maximum atomic E-state index is 12.4. The quantitative estimate of drug-likeness (QED) is 0.870. The van der Waals surface area contributed by atoms with E-state index in [0.29, 0.717) is 10.6 Å². The van der Waals surface area contributed by atoms with Crippen LogP contribution in [0.4, 0.5) is 11.4 Å². The topological polar surface area (TPSA) is 41.1 Å². The maximum Gasteiger partial charge on any atom is 0.255 e. The van der Waals surface area contributed by atoms with E-state index >= 15 is 0 Å². The van der Waals surface area contributed by atoms with Crippen molar-refractivity contribution in [1.29, 1.82) is 0 Å². The van der Waals surface area contributed by atoms with E-state index in [2.05, 4.69) is 10.6 Å². The van der Waals surface area contributed by atoms with Crippen LogP contribution in [0.1, 0.15) is 27.9 Å². The zero-order valence-corrected chi connectivity index (χ0v) is 12.6. The highest BCUT2D eigenvalue weighted by Gasteiger charge is 2.13. The van der Waals surface area contributed by atoms with E-state index in [0.717, 1.165) is 36.3 Å². The largest absolute Gasteiger partial charge is 0.385 e. The van der Waals surface area contributed by atoms with Crippen molar-refractivity contribution in [3.05, 3.63) is 58.1 Å². The summed E-state index contributed by atoms with van der Waals surface area (Å²) in [6.07, 6.45) is 2.12. The minimum Gasteiger partial charge on any atom is -0.385 e. The number of rotatable bonds is 2. The van der Waals surface area contributed by atoms with Crippen LogP contribution < -0.4 is 10.6 Å². The van der Waals surface area contributed by atoms with Crippen molar-refractivity contribution < 1.29 is 4.79 Å². The van der Waals surface area contributed by atoms with Gasteiger partial charge < -0.3 is 10.6 Å². The van der Waals surface area contributed by atoms with Gasteiger partial charge in [0.2, 0.25) is 0 Å². The summed E-state index contributed by atoms with van der Waals surface area (Å²) in [5.74, 6) is -0.0891. The van der Waals surface area contributed by atoms with Crippen molar-refractivity contribution in [2.45, 2.75) is 19.8 Å². The molecular formula is C17H17ClN2O. The molecule has 21 heavy (non-hydrogen) atoms. The second kappa shape index (κ2) is 5.78. The van der Waals surface area contributed by atoms with Crippen LogP contribution in [-0.2, 0) is 6.42 Å². The molecule has 0 saturated heterocycles. The Morgan fingerprint density at radius 3 is 2.90 bits per heavy atom. The van der Waals surface area contributed by atoms with Gasteiger partial charge in [0.05, 0.1) is 0 Å². The first kappa shape index (κ1) is 14.0. The van der Waals surface area contributed by atoms with E-state index in [-0.39, 0.29) is 5.91 Å². The predicted molar refractivity (Wildman–Crippen MR) is 87.4 cm³/mol. The predicted octanol–water partition coefficient (Wildman–Crippen LogP) is 4.26. The van der Waals surface area contributed by atoms with E-state index < -0.39 is 0 Å². The Kier molecular flexibility index (Phi) is 3.84. The zero-order chi connectivity index (χ0) is 14.8. The number of halogens is 1. The van der Waals surface area contributed by atoms with Gasteiger partial charge in [0.1, 0.15) is 0 Å². The third kappa shape index (κ3) is 3.03. The molecule has 0 saturated carbocycles. The molecule has 0 spiro atoms. The van der Waals surface area contributed by atoms with Crippen molar-refractivity contribution in [1.82, 2.24) is 0 Å². The number of amides is 1. The van der Waals surface area contributed by atoms with Crippen molar-refractivity contribution in [2.24, 2.45) is 0 Å². The highest BCUT2D eigenvalue weighted by molar-refractivity contribution is 6.30. The molecule has 0 radical (unpaired) electrons. The van der Waals surface area contributed by atoms with Gasteiger partial charge in [-0.3, -0.25) is 4.79 Å². The Balaban J connectivity index is 1.82. The number of fused-ring (bicyclic) bond motifs is 1. The minimum absolute atomic E-state index is 0.0891. The summed E-state index contributed by atoms with van der Waals surface area (Å²) in [5, 5.41) is 6.96. The van der Waals surface area contributed by atoms with Gasteiger partial charge in [0, 0.05) is 28.5 Å². The lowest BCUT2D eigenvalue weighted by Crippen LogP contribution is -2.16. The first-order valence-corrected chi connectivity index (χ1v) is 7.45. The average molecular weight is 301 g/mol. The van der Waals surface area contributed by atoms with E-state index in [1.165, 1.54) is 5.56 Å². The molecule has 108 valence electrons. The smallest absolute Gasteiger partial charge is 0.255 e. The molecule has 0 unspecified atom stereocenters. The maximum absolute atomic E-state index is 12.4. The van der Waals surface area contributed by atoms with Crippen LogP contribution in [0, 0.1) is 6.92 Å². The lowest BCUT2D eigenvalue weighted by molar-refractivity contribution is 0.102. The number of hydrogen-bond acceptors (Lipinski definition) is 2. The molecule has 2 N–H and O–H groups in total. The third-order valence-electron chi connectivity index (χ3n) is 3.74. The first-order valence-electron chi connectivity index (χ1n) is 7.08. The third-order valence-corrected chi connectivity index (χ3v) is 3.98. The van der Waals surface area contributed by atoms with Crippen LogP contribution >= 0.6 is 11.6 Å². The Labute approximate surface area is 129 Å². The van der Waals surface area contributed by atoms with Gasteiger partial charge in [0.15, 0.2) is 0 Å². The summed E-state index contributed by atoms with van der Waals surface area (Å²) in [6, 6.07) is 11.3. The van der Waals surface area contributed by atoms with Gasteiger partial charge in [-0.2, -0.15) is 0 Å². The van der Waals surface area contributed by atoms with Gasteiger partial charge in [0.25, 0.3) is 5.91 Å². The summed E-state index contributed by atoms with van der Waals surface area (Å²) in [5.41, 5.74) is 4.78. The summed E-state index contributed by atoms with van der Waals surface area (Å²) in [4.78, 5) is 12.4. The molecule has 0 bridgehead atoms. The molecule has 3 nitrogen and oxygen atoms in total. The number of carbonyl (C=O) groups excluding carboxylic acids is 1. The molecule has 2 aromatic carbocycles. The van der Waals surface area contributed by atoms with Gasteiger partial charge in [-0.25, -0.2) is 0 Å². The molecule has 1 aliphatic heterocycles. The number of carbonyl (C=O) groups is 1. The van der Waals surface area contributed by atoms with Crippen molar-refractivity contribution in [3.8, 4) is 0 Å². The fourth-order valence-corrected chi connectivity index (χ4v) is 2.80. The summed E-state index contributed by atoms with van der Waals surface area (Å²) < 4.78 is 0. The van der Waals surface area contributed by atoms with Crippen molar-refractivity contribution in [3.63, 3.8) is 0 Å². The minimum atomic E-state index is -0.0891. The van der Waals surface area contributed by atoms with Crippen LogP contribution in [-0.4, -0.2) is 12.5 Å². The van der Waals surface area contributed by atoms with E-state index in [4.69, 9.17) is 11.6 Å². The molecule has 3 rings (SSSR count). The normalized spacial score (nSPS) is 13.2. The molecular weight excluding hydrogens is 284 g/mol. The molecule has 0 aromatic heterocycles. The number of hydrogen-bond donors (Lipinski definition) is 2. The number of benzene rings is 2. The number of nitrogens with one attached hydrogen (secondary N) is 2. The highest BCUT2D eigenvalue weighted by atomic mass is 35.5. The lowest BCUT2D eigenvalue weighted by atomic mass is 10.0. The van der Waals surface area contributed by atoms with Gasteiger partial charge in [-0.1, -0.05) is 11.6 Å². The standard InChI is InChI=1S/C17H17ClN2O/c1-11-9-14(18)5-7-15(11)20-17(21)13-4-6-16-12(10-13)3-2-8-19-16/h4-7,9-10,19H,2-3,8H2,1H3,(H,20,21). The van der Waals surface area contributed by atoms with E-state index in [9.17, 15) is 4.79 Å². The average Bonchev–Trinajstić information content (AvgIpc) is 2.49.